The molecule has 1 aromatic carbocycles. The van der Waals surface area contributed by atoms with Crippen LogP contribution in [0.2, 0.25) is 5.02 Å². The van der Waals surface area contributed by atoms with E-state index in [2.05, 4.69) is 10.0 Å². The van der Waals surface area contributed by atoms with Gasteiger partial charge in [0, 0.05) is 35.5 Å². The largest absolute Gasteiger partial charge is 0.444 e. The van der Waals surface area contributed by atoms with Gasteiger partial charge < -0.3 is 14.4 Å². The molecule has 0 spiro atoms. The molecule has 0 saturated carbocycles. The van der Waals surface area contributed by atoms with Gasteiger partial charge in [-0.1, -0.05) is 28.8 Å². The van der Waals surface area contributed by atoms with Crippen molar-refractivity contribution in [2.75, 3.05) is 26.2 Å². The number of amides is 1. The van der Waals surface area contributed by atoms with Gasteiger partial charge in [0.05, 0.1) is 12.7 Å². The predicted octanol–water partition coefficient (Wildman–Crippen LogP) is 5.36. The van der Waals surface area contributed by atoms with E-state index in [1.54, 1.807) is 4.90 Å². The Morgan fingerprint density at radius 1 is 1.48 bits per heavy atom. The topological polar surface area (TPSA) is 87.5 Å². The van der Waals surface area contributed by atoms with E-state index in [1.807, 2.05) is 45.0 Å². The van der Waals surface area contributed by atoms with Crippen LogP contribution in [0.1, 0.15) is 45.3 Å². The molecular weight excluding hydrogens is 368 g/mol. The van der Waals surface area contributed by atoms with Crippen LogP contribution in [0.3, 0.4) is 0 Å². The number of nitrogens with zero attached hydrogens (tertiary/aromatic N) is 4. The van der Waals surface area contributed by atoms with Gasteiger partial charge in [-0.15, -0.1) is 0 Å². The van der Waals surface area contributed by atoms with E-state index >= 15 is 0 Å². The van der Waals surface area contributed by atoms with Gasteiger partial charge in [-0.05, 0) is 56.8 Å². The molecule has 0 radical (unpaired) electrons. The molecule has 8 heteroatoms. The van der Waals surface area contributed by atoms with Crippen LogP contribution in [-0.2, 0) is 9.47 Å². The monoisotopic (exact) mass is 394 g/mol. The maximum absolute atomic E-state index is 12.5. The van der Waals surface area contributed by atoms with Crippen LogP contribution in [0.25, 0.3) is 10.4 Å². The fourth-order valence-corrected chi connectivity index (χ4v) is 3.40. The van der Waals surface area contributed by atoms with Crippen molar-refractivity contribution < 1.29 is 14.3 Å². The van der Waals surface area contributed by atoms with Gasteiger partial charge in [0.1, 0.15) is 5.60 Å². The van der Waals surface area contributed by atoms with Crippen molar-refractivity contribution in [2.45, 2.75) is 45.3 Å². The third-order valence-corrected chi connectivity index (χ3v) is 4.50. The average Bonchev–Trinajstić information content (AvgIpc) is 2.60. The van der Waals surface area contributed by atoms with E-state index in [9.17, 15) is 4.79 Å². The zero-order valence-corrected chi connectivity index (χ0v) is 16.9. The Morgan fingerprint density at radius 2 is 2.26 bits per heavy atom. The quantitative estimate of drug-likeness (QED) is 0.282. The number of likely N-dealkylation sites (tertiary alicyclic amines) is 1. The van der Waals surface area contributed by atoms with E-state index < -0.39 is 5.60 Å². The third kappa shape index (κ3) is 6.94. The molecule has 2 rings (SSSR count). The summed E-state index contributed by atoms with van der Waals surface area (Å²) in [6.45, 7) is 7.38. The number of piperidine rings is 1. The van der Waals surface area contributed by atoms with Gasteiger partial charge in [0.25, 0.3) is 0 Å². The molecule has 0 aromatic heterocycles. The highest BCUT2D eigenvalue weighted by molar-refractivity contribution is 6.30. The molecule has 1 unspecified atom stereocenters. The van der Waals surface area contributed by atoms with Crippen LogP contribution in [0.15, 0.2) is 29.4 Å². The summed E-state index contributed by atoms with van der Waals surface area (Å²) >= 11 is 6.16. The SMILES string of the molecule is CC(C)(C)OC(=O)N1CCCC([C@@H](OCCN=[N+]=[N-])c2cccc(Cl)c2)C1. The number of ether oxygens (including phenoxy) is 2. The van der Waals surface area contributed by atoms with Gasteiger partial charge in [-0.3, -0.25) is 0 Å². The summed E-state index contributed by atoms with van der Waals surface area (Å²) in [4.78, 5) is 17.0. The van der Waals surface area contributed by atoms with E-state index in [0.717, 1.165) is 18.4 Å². The number of halogens is 1. The maximum atomic E-state index is 12.5. The summed E-state index contributed by atoms with van der Waals surface area (Å²) in [7, 11) is 0. The summed E-state index contributed by atoms with van der Waals surface area (Å²) < 4.78 is 11.6. The Morgan fingerprint density at radius 3 is 2.93 bits per heavy atom. The summed E-state index contributed by atoms with van der Waals surface area (Å²) in [6.07, 6.45) is 1.27. The first-order valence-electron chi connectivity index (χ1n) is 9.16. The summed E-state index contributed by atoms with van der Waals surface area (Å²) in [6, 6.07) is 7.55. The summed E-state index contributed by atoms with van der Waals surface area (Å²) in [5.41, 5.74) is 8.88. The van der Waals surface area contributed by atoms with Gasteiger partial charge in [0.15, 0.2) is 0 Å². The molecule has 27 heavy (non-hydrogen) atoms. The lowest BCUT2D eigenvalue weighted by molar-refractivity contribution is -0.0233. The van der Waals surface area contributed by atoms with Gasteiger partial charge >= 0.3 is 6.09 Å². The average molecular weight is 395 g/mol. The van der Waals surface area contributed by atoms with Crippen LogP contribution in [0, 0.1) is 5.92 Å². The zero-order chi connectivity index (χ0) is 19.9. The van der Waals surface area contributed by atoms with Crippen LogP contribution < -0.4 is 0 Å². The Balaban J connectivity index is 2.13. The lowest BCUT2D eigenvalue weighted by atomic mass is 9.88. The van der Waals surface area contributed by atoms with Crippen LogP contribution >= 0.6 is 11.6 Å². The molecule has 1 saturated heterocycles. The van der Waals surface area contributed by atoms with Crippen LogP contribution in [-0.4, -0.2) is 42.8 Å². The van der Waals surface area contributed by atoms with Crippen molar-refractivity contribution >= 4 is 17.7 Å². The first-order valence-corrected chi connectivity index (χ1v) is 9.54. The number of hydrogen-bond acceptors (Lipinski definition) is 4. The van der Waals surface area contributed by atoms with Gasteiger partial charge in [-0.25, -0.2) is 4.79 Å². The van der Waals surface area contributed by atoms with Crippen LogP contribution in [0.4, 0.5) is 4.79 Å². The second-order valence-electron chi connectivity index (χ2n) is 7.63. The minimum absolute atomic E-state index is 0.107. The molecule has 1 aliphatic rings. The molecular formula is C19H27ClN4O3. The van der Waals surface area contributed by atoms with Crippen molar-refractivity contribution in [1.29, 1.82) is 0 Å². The summed E-state index contributed by atoms with van der Waals surface area (Å²) in [5.74, 6) is 0.107. The molecule has 7 nitrogen and oxygen atoms in total. The molecule has 1 amide bonds. The Hall–Kier alpha value is -1.95. The molecule has 1 fully saturated rings. The Labute approximate surface area is 165 Å². The van der Waals surface area contributed by atoms with E-state index in [0.29, 0.717) is 24.7 Å². The first kappa shape index (κ1) is 21.4. The number of rotatable bonds is 6. The smallest absolute Gasteiger partial charge is 0.410 e. The molecule has 2 atom stereocenters. The molecule has 1 heterocycles. The molecule has 1 aromatic rings. The van der Waals surface area contributed by atoms with Crippen molar-refractivity contribution in [2.24, 2.45) is 11.0 Å². The van der Waals surface area contributed by atoms with E-state index in [-0.39, 0.29) is 24.7 Å². The van der Waals surface area contributed by atoms with Crippen LogP contribution in [0.5, 0.6) is 0 Å². The lowest BCUT2D eigenvalue weighted by Gasteiger charge is -2.37. The Kier molecular flexibility index (Phi) is 7.78. The minimum Gasteiger partial charge on any atom is -0.444 e. The number of azide groups is 1. The fraction of sp³-hybridized carbons (Fsp3) is 0.632. The highest BCUT2D eigenvalue weighted by Gasteiger charge is 2.33. The second kappa shape index (κ2) is 9.83. The highest BCUT2D eigenvalue weighted by atomic mass is 35.5. The Bertz CT molecular complexity index is 686. The van der Waals surface area contributed by atoms with Crippen molar-refractivity contribution in [3.05, 3.63) is 45.3 Å². The molecule has 0 aliphatic carbocycles. The lowest BCUT2D eigenvalue weighted by Crippen LogP contribution is -2.44. The van der Waals surface area contributed by atoms with Gasteiger partial charge in [0.2, 0.25) is 0 Å². The highest BCUT2D eigenvalue weighted by Crippen LogP contribution is 2.34. The standard InChI is InChI=1S/C19H27ClN4O3/c1-19(2,3)27-18(25)24-10-5-7-15(13-24)17(26-11-9-22-23-21)14-6-4-8-16(20)12-14/h4,6,8,12,15,17H,5,7,9-11,13H2,1-3H3/t15?,17-/m0/s1. The molecule has 0 bridgehead atoms. The zero-order valence-electron chi connectivity index (χ0n) is 16.1. The van der Waals surface area contributed by atoms with Crippen molar-refractivity contribution in [1.82, 2.24) is 4.90 Å². The van der Waals surface area contributed by atoms with Crippen molar-refractivity contribution in [3.8, 4) is 0 Å². The number of carbonyl (C=O) groups is 1. The van der Waals surface area contributed by atoms with E-state index in [1.165, 1.54) is 0 Å². The second-order valence-corrected chi connectivity index (χ2v) is 8.07. The van der Waals surface area contributed by atoms with Gasteiger partial charge in [-0.2, -0.15) is 0 Å². The van der Waals surface area contributed by atoms with E-state index in [4.69, 9.17) is 26.6 Å². The molecule has 148 valence electrons. The molecule has 0 N–H and O–H groups in total. The number of carbonyl (C=O) groups excluding carboxylic acids is 1. The predicted molar refractivity (Wildman–Crippen MR) is 105 cm³/mol. The number of hydrogen-bond donors (Lipinski definition) is 0. The van der Waals surface area contributed by atoms with Crippen molar-refractivity contribution in [3.63, 3.8) is 0 Å². The normalized spacial score (nSPS) is 18.5. The maximum Gasteiger partial charge on any atom is 0.410 e. The minimum atomic E-state index is -0.526. The number of benzene rings is 1. The summed E-state index contributed by atoms with van der Waals surface area (Å²) in [5, 5.41) is 4.16. The first-order chi connectivity index (χ1) is 12.8. The fourth-order valence-electron chi connectivity index (χ4n) is 3.20. The third-order valence-electron chi connectivity index (χ3n) is 4.27. The molecule has 1 aliphatic heterocycles.